The summed E-state index contributed by atoms with van der Waals surface area (Å²) in [5.74, 6) is -4.67. The van der Waals surface area contributed by atoms with E-state index >= 15 is 0 Å². The van der Waals surface area contributed by atoms with Gasteiger partial charge < -0.3 is 36.6 Å². The van der Waals surface area contributed by atoms with Crippen LogP contribution in [-0.4, -0.2) is 81.8 Å². The summed E-state index contributed by atoms with van der Waals surface area (Å²) < 4.78 is 0. The zero-order valence-electron chi connectivity index (χ0n) is 18.6. The highest BCUT2D eigenvalue weighted by molar-refractivity contribution is 5.94. The van der Waals surface area contributed by atoms with Crippen LogP contribution in [0, 0.1) is 5.92 Å². The van der Waals surface area contributed by atoms with Crippen molar-refractivity contribution < 1.29 is 39.3 Å². The molecule has 12 heteroatoms. The van der Waals surface area contributed by atoms with Gasteiger partial charge in [-0.25, -0.2) is 4.79 Å². The van der Waals surface area contributed by atoms with Crippen LogP contribution in [0.3, 0.4) is 0 Å². The largest absolute Gasteiger partial charge is 0.481 e. The fraction of sp³-hybridized carbons (Fsp3) is 0.750. The summed E-state index contributed by atoms with van der Waals surface area (Å²) >= 11 is 0. The molecule has 0 aromatic rings. The maximum atomic E-state index is 12.8. The van der Waals surface area contributed by atoms with Crippen molar-refractivity contribution in [3.63, 3.8) is 0 Å². The number of rotatable bonds is 13. The van der Waals surface area contributed by atoms with Crippen molar-refractivity contribution in [3.05, 3.63) is 0 Å². The predicted octanol–water partition coefficient (Wildman–Crippen LogP) is -1.43. The second-order valence-corrected chi connectivity index (χ2v) is 8.40. The van der Waals surface area contributed by atoms with Crippen LogP contribution in [0.15, 0.2) is 0 Å². The maximum Gasteiger partial charge on any atom is 0.326 e. The number of aliphatic hydroxyl groups excluding tert-OH is 1. The molecule has 7 N–H and O–H groups in total. The molecule has 0 radical (unpaired) electrons. The molecular formula is C20H34N4O8. The van der Waals surface area contributed by atoms with Crippen LogP contribution in [0.2, 0.25) is 0 Å². The van der Waals surface area contributed by atoms with Gasteiger partial charge in [-0.3, -0.25) is 19.2 Å². The van der Waals surface area contributed by atoms with E-state index in [0.29, 0.717) is 13.0 Å². The van der Waals surface area contributed by atoms with Gasteiger partial charge in [0.1, 0.15) is 18.1 Å². The van der Waals surface area contributed by atoms with Crippen molar-refractivity contribution in [2.24, 2.45) is 5.92 Å². The van der Waals surface area contributed by atoms with Crippen molar-refractivity contribution in [2.75, 3.05) is 6.54 Å². The van der Waals surface area contributed by atoms with Crippen molar-refractivity contribution in [1.29, 1.82) is 0 Å². The smallest absolute Gasteiger partial charge is 0.326 e. The average Bonchev–Trinajstić information content (AvgIpc) is 3.22. The average molecular weight is 459 g/mol. The minimum atomic E-state index is -1.50. The molecule has 1 heterocycles. The normalized spacial score (nSPS) is 19.5. The minimum absolute atomic E-state index is 0.0317. The first-order valence-electron chi connectivity index (χ1n) is 10.7. The first-order chi connectivity index (χ1) is 14.9. The van der Waals surface area contributed by atoms with Gasteiger partial charge in [0, 0.05) is 6.42 Å². The Morgan fingerprint density at radius 1 is 0.969 bits per heavy atom. The quantitative estimate of drug-likeness (QED) is 0.173. The third kappa shape index (κ3) is 9.18. The number of hydrogen-bond donors (Lipinski definition) is 7. The lowest BCUT2D eigenvalue weighted by Gasteiger charge is -2.26. The van der Waals surface area contributed by atoms with Gasteiger partial charge in [-0.2, -0.15) is 0 Å². The van der Waals surface area contributed by atoms with Gasteiger partial charge in [-0.1, -0.05) is 13.8 Å². The molecule has 32 heavy (non-hydrogen) atoms. The Labute approximate surface area is 186 Å². The highest BCUT2D eigenvalue weighted by Crippen LogP contribution is 2.09. The molecule has 3 amide bonds. The Bertz CT molecular complexity index is 691. The minimum Gasteiger partial charge on any atom is -0.481 e. The molecule has 1 fully saturated rings. The van der Waals surface area contributed by atoms with Crippen LogP contribution in [-0.2, 0) is 24.0 Å². The van der Waals surface area contributed by atoms with Gasteiger partial charge in [-0.05, 0) is 45.1 Å². The molecule has 0 spiro atoms. The van der Waals surface area contributed by atoms with E-state index in [4.69, 9.17) is 5.11 Å². The van der Waals surface area contributed by atoms with E-state index in [1.165, 1.54) is 6.92 Å². The number of aliphatic carboxylic acids is 2. The molecule has 1 rings (SSSR count). The van der Waals surface area contributed by atoms with E-state index in [1.807, 2.05) is 0 Å². The summed E-state index contributed by atoms with van der Waals surface area (Å²) in [6.07, 6.45) is -0.497. The molecule has 1 aliphatic heterocycles. The summed E-state index contributed by atoms with van der Waals surface area (Å²) in [5.41, 5.74) is 0. The second kappa shape index (κ2) is 13.0. The van der Waals surface area contributed by atoms with Gasteiger partial charge in [0.15, 0.2) is 0 Å². The Hall–Kier alpha value is -2.73. The number of amides is 3. The number of hydrogen-bond acceptors (Lipinski definition) is 7. The molecule has 1 aliphatic rings. The third-order valence-corrected chi connectivity index (χ3v) is 5.04. The standard InChI is InChI=1S/C20H34N4O8/c1-10(2)9-14(20(31)32)23-19(30)16(11(3)25)24-18(29)13(6-7-15(26)27)22-17(28)12-5-4-8-21-12/h10-14,16,21,25H,4-9H2,1-3H3,(H,22,28)(H,23,30)(H,24,29)(H,26,27)(H,31,32). The molecule has 0 aliphatic carbocycles. The van der Waals surface area contributed by atoms with Crippen molar-refractivity contribution in [3.8, 4) is 0 Å². The lowest BCUT2D eigenvalue weighted by molar-refractivity contribution is -0.143. The van der Waals surface area contributed by atoms with Crippen LogP contribution in [0.4, 0.5) is 0 Å². The van der Waals surface area contributed by atoms with Crippen LogP contribution >= 0.6 is 0 Å². The molecule has 0 bridgehead atoms. The summed E-state index contributed by atoms with van der Waals surface area (Å²) in [7, 11) is 0. The van der Waals surface area contributed by atoms with Crippen molar-refractivity contribution in [1.82, 2.24) is 21.3 Å². The van der Waals surface area contributed by atoms with Gasteiger partial charge in [0.05, 0.1) is 12.1 Å². The van der Waals surface area contributed by atoms with E-state index < -0.39 is 66.4 Å². The highest BCUT2D eigenvalue weighted by atomic mass is 16.4. The van der Waals surface area contributed by atoms with Crippen LogP contribution in [0.1, 0.15) is 52.9 Å². The van der Waals surface area contributed by atoms with E-state index in [2.05, 4.69) is 21.3 Å². The topological polar surface area (TPSA) is 194 Å². The Morgan fingerprint density at radius 2 is 1.62 bits per heavy atom. The zero-order chi connectivity index (χ0) is 24.4. The van der Waals surface area contributed by atoms with E-state index in [9.17, 15) is 34.2 Å². The molecule has 182 valence electrons. The molecule has 1 saturated heterocycles. The fourth-order valence-corrected chi connectivity index (χ4v) is 3.33. The van der Waals surface area contributed by atoms with Crippen LogP contribution in [0.5, 0.6) is 0 Å². The number of carbonyl (C=O) groups is 5. The predicted molar refractivity (Wildman–Crippen MR) is 112 cm³/mol. The SMILES string of the molecule is CC(C)CC(NC(=O)C(NC(=O)C(CCC(=O)O)NC(=O)C1CCCN1)C(C)O)C(=O)O. The highest BCUT2D eigenvalue weighted by Gasteiger charge is 2.33. The van der Waals surface area contributed by atoms with Gasteiger partial charge in [0.2, 0.25) is 17.7 Å². The summed E-state index contributed by atoms with van der Waals surface area (Å²) in [4.78, 5) is 60.1. The Morgan fingerprint density at radius 3 is 2.09 bits per heavy atom. The van der Waals surface area contributed by atoms with Crippen molar-refractivity contribution in [2.45, 2.75) is 83.1 Å². The first-order valence-corrected chi connectivity index (χ1v) is 10.7. The number of carbonyl (C=O) groups excluding carboxylic acids is 3. The number of carboxylic acid groups (broad SMARTS) is 2. The monoisotopic (exact) mass is 458 g/mol. The van der Waals surface area contributed by atoms with Gasteiger partial charge >= 0.3 is 11.9 Å². The van der Waals surface area contributed by atoms with E-state index in [0.717, 1.165) is 6.42 Å². The van der Waals surface area contributed by atoms with Gasteiger partial charge in [0.25, 0.3) is 0 Å². The van der Waals surface area contributed by atoms with E-state index in [-0.39, 0.29) is 18.8 Å². The number of nitrogens with one attached hydrogen (secondary N) is 4. The molecule has 0 aromatic heterocycles. The third-order valence-electron chi connectivity index (χ3n) is 5.04. The molecule has 12 nitrogen and oxygen atoms in total. The molecule has 0 saturated carbocycles. The van der Waals surface area contributed by atoms with Crippen LogP contribution in [0.25, 0.3) is 0 Å². The van der Waals surface area contributed by atoms with E-state index in [1.54, 1.807) is 13.8 Å². The number of carboxylic acids is 2. The molecule has 0 aromatic carbocycles. The fourth-order valence-electron chi connectivity index (χ4n) is 3.33. The molecular weight excluding hydrogens is 424 g/mol. The second-order valence-electron chi connectivity index (χ2n) is 8.40. The Balaban J connectivity index is 2.90. The zero-order valence-corrected chi connectivity index (χ0v) is 18.6. The molecule has 5 unspecified atom stereocenters. The van der Waals surface area contributed by atoms with Crippen LogP contribution < -0.4 is 21.3 Å². The van der Waals surface area contributed by atoms with Gasteiger partial charge in [-0.15, -0.1) is 0 Å². The first kappa shape index (κ1) is 27.3. The lowest BCUT2D eigenvalue weighted by Crippen LogP contribution is -2.59. The molecule has 5 atom stereocenters. The maximum absolute atomic E-state index is 12.8. The van der Waals surface area contributed by atoms with Crippen molar-refractivity contribution >= 4 is 29.7 Å². The summed E-state index contributed by atoms with van der Waals surface area (Å²) in [6, 6.07) is -4.46. The summed E-state index contributed by atoms with van der Waals surface area (Å²) in [5, 5.41) is 38.4. The summed E-state index contributed by atoms with van der Waals surface area (Å²) in [6.45, 7) is 5.46. The lowest BCUT2D eigenvalue weighted by atomic mass is 10.0. The Kier molecular flexibility index (Phi) is 11.1. The number of aliphatic hydroxyl groups is 1.